The van der Waals surface area contributed by atoms with Crippen molar-refractivity contribution in [3.63, 3.8) is 0 Å². The molecule has 0 aliphatic carbocycles. The van der Waals surface area contributed by atoms with Crippen LogP contribution in [0.4, 0.5) is 0 Å². The van der Waals surface area contributed by atoms with Crippen LogP contribution in [-0.2, 0) is 0 Å². The summed E-state index contributed by atoms with van der Waals surface area (Å²) in [5, 5.41) is 0. The Bertz CT molecular complexity index is 310. The molecule has 0 aliphatic heterocycles. The molecule has 2 heteroatoms. The van der Waals surface area contributed by atoms with E-state index in [1.165, 1.54) is 51.5 Å². The Kier molecular flexibility index (Phi) is 19.1. The average molecular weight is 342 g/mol. The van der Waals surface area contributed by atoms with Gasteiger partial charge >= 0.3 is 0 Å². The summed E-state index contributed by atoms with van der Waals surface area (Å²) in [6.45, 7) is 3.48. The molecule has 0 rings (SSSR count). The summed E-state index contributed by atoms with van der Waals surface area (Å²) in [6.07, 6.45) is 26.6. The molecule has 0 unspecified atom stereocenters. The molecule has 0 atom stereocenters. The van der Waals surface area contributed by atoms with Crippen LogP contribution >= 0.6 is 0 Å². The third kappa shape index (κ3) is 23.9. The van der Waals surface area contributed by atoms with E-state index in [0.29, 0.717) is 0 Å². The second kappa shape index (κ2) is 17.8. The fraction of sp³-hybridized carbons (Fsp3) is 0.714. The van der Waals surface area contributed by atoms with Gasteiger partial charge in [-0.3, -0.25) is 0 Å². The van der Waals surface area contributed by atoms with Gasteiger partial charge in [0.25, 0.3) is 0 Å². The lowest BCUT2D eigenvalue weighted by Gasteiger charge is -2.23. The van der Waals surface area contributed by atoms with Crippen LogP contribution < -0.4 is 12.4 Å². The first-order valence-electron chi connectivity index (χ1n) is 9.31. The normalized spacial score (nSPS) is 12.5. The van der Waals surface area contributed by atoms with Gasteiger partial charge in [0.2, 0.25) is 0 Å². The molecule has 1 nitrogen and oxygen atoms in total. The van der Waals surface area contributed by atoms with Gasteiger partial charge in [0, 0.05) is 0 Å². The molecular weight excluding hydrogens is 302 g/mol. The van der Waals surface area contributed by atoms with Crippen molar-refractivity contribution in [2.24, 2.45) is 0 Å². The number of nitrogens with zero attached hydrogens (tertiary/aromatic N) is 1. The number of rotatable bonds is 14. The van der Waals surface area contributed by atoms with Crippen molar-refractivity contribution in [2.45, 2.75) is 71.1 Å². The van der Waals surface area contributed by atoms with Crippen LogP contribution in [0.3, 0.4) is 0 Å². The van der Waals surface area contributed by atoms with Crippen molar-refractivity contribution >= 4 is 0 Å². The third-order valence-corrected chi connectivity index (χ3v) is 3.73. The molecule has 0 aromatic carbocycles. The Morgan fingerprint density at radius 3 is 1.65 bits per heavy atom. The lowest BCUT2D eigenvalue weighted by atomic mass is 10.1. The van der Waals surface area contributed by atoms with Crippen molar-refractivity contribution in [1.29, 1.82) is 0 Å². The van der Waals surface area contributed by atoms with Gasteiger partial charge < -0.3 is 16.9 Å². The maximum Gasteiger partial charge on any atom is 0.0780 e. The summed E-state index contributed by atoms with van der Waals surface area (Å²) in [5.74, 6) is 0. The minimum absolute atomic E-state index is 0. The van der Waals surface area contributed by atoms with Crippen molar-refractivity contribution in [3.8, 4) is 0 Å². The van der Waals surface area contributed by atoms with E-state index in [4.69, 9.17) is 0 Å². The van der Waals surface area contributed by atoms with Crippen LogP contribution in [0.15, 0.2) is 36.5 Å². The topological polar surface area (TPSA) is 0 Å². The van der Waals surface area contributed by atoms with Gasteiger partial charge in [-0.25, -0.2) is 0 Å². The summed E-state index contributed by atoms with van der Waals surface area (Å²) < 4.78 is 1.11. The number of unbranched alkanes of at least 4 members (excludes halogenated alkanes) is 6. The number of quaternary nitrogens is 1. The van der Waals surface area contributed by atoms with E-state index in [-0.39, 0.29) is 12.4 Å². The second-order valence-electron chi connectivity index (χ2n) is 7.22. The Labute approximate surface area is 152 Å². The van der Waals surface area contributed by atoms with E-state index in [1.54, 1.807) is 0 Å². The molecule has 0 amide bonds. The van der Waals surface area contributed by atoms with Crippen LogP contribution in [0, 0.1) is 0 Å². The van der Waals surface area contributed by atoms with Crippen molar-refractivity contribution in [3.05, 3.63) is 36.5 Å². The molecule has 0 aromatic rings. The molecule has 0 aromatic heterocycles. The first-order chi connectivity index (χ1) is 10.6. The summed E-state index contributed by atoms with van der Waals surface area (Å²) in [4.78, 5) is 0. The number of halogens is 1. The maximum atomic E-state index is 2.35. The molecule has 0 fully saturated rings. The van der Waals surface area contributed by atoms with E-state index < -0.39 is 0 Å². The van der Waals surface area contributed by atoms with Gasteiger partial charge in [-0.1, -0.05) is 62.6 Å². The highest BCUT2D eigenvalue weighted by atomic mass is 35.5. The van der Waals surface area contributed by atoms with Gasteiger partial charge in [-0.2, -0.15) is 0 Å². The minimum atomic E-state index is 0. The number of hydrogen-bond acceptors (Lipinski definition) is 0. The summed E-state index contributed by atoms with van der Waals surface area (Å²) >= 11 is 0. The molecule has 0 saturated carbocycles. The number of allylic oxidation sites excluding steroid dienone is 6. The molecule has 23 heavy (non-hydrogen) atoms. The molecule has 0 aliphatic rings. The summed E-state index contributed by atoms with van der Waals surface area (Å²) in [7, 11) is 6.84. The highest BCUT2D eigenvalue weighted by molar-refractivity contribution is 4.96. The average Bonchev–Trinajstić information content (AvgIpc) is 2.45. The Balaban J connectivity index is 0. The van der Waals surface area contributed by atoms with Crippen LogP contribution in [0.25, 0.3) is 0 Å². The monoisotopic (exact) mass is 341 g/mol. The van der Waals surface area contributed by atoms with Crippen LogP contribution in [0.2, 0.25) is 0 Å². The molecular formula is C21H40ClN. The largest absolute Gasteiger partial charge is 1.00 e. The predicted molar refractivity (Wildman–Crippen MR) is 102 cm³/mol. The van der Waals surface area contributed by atoms with E-state index in [2.05, 4.69) is 64.5 Å². The third-order valence-electron chi connectivity index (χ3n) is 3.73. The maximum absolute atomic E-state index is 2.35. The Morgan fingerprint density at radius 2 is 1.09 bits per heavy atom. The van der Waals surface area contributed by atoms with Crippen LogP contribution in [0.1, 0.15) is 71.1 Å². The zero-order valence-electron chi connectivity index (χ0n) is 16.1. The highest BCUT2D eigenvalue weighted by Crippen LogP contribution is 2.09. The van der Waals surface area contributed by atoms with Gasteiger partial charge in [0.05, 0.1) is 27.7 Å². The first kappa shape index (κ1) is 24.7. The molecule has 0 radical (unpaired) electrons. The van der Waals surface area contributed by atoms with E-state index in [0.717, 1.165) is 23.7 Å². The van der Waals surface area contributed by atoms with E-state index >= 15 is 0 Å². The summed E-state index contributed by atoms with van der Waals surface area (Å²) in [5.41, 5.74) is 0. The SMILES string of the molecule is CC/C=C\C/C=C\C/C=C\CCCCCCCC[N+](C)(C)C.[Cl-]. The minimum Gasteiger partial charge on any atom is -1.00 e. The molecule has 0 N–H and O–H groups in total. The molecule has 136 valence electrons. The fourth-order valence-corrected chi connectivity index (χ4v) is 2.38. The molecule has 0 spiro atoms. The van der Waals surface area contributed by atoms with Gasteiger partial charge in [0.1, 0.15) is 0 Å². The van der Waals surface area contributed by atoms with Gasteiger partial charge in [0.15, 0.2) is 0 Å². The predicted octanol–water partition coefficient (Wildman–Crippen LogP) is 3.29. The zero-order valence-corrected chi connectivity index (χ0v) is 16.8. The van der Waals surface area contributed by atoms with Crippen molar-refractivity contribution in [2.75, 3.05) is 27.7 Å². The Morgan fingerprint density at radius 1 is 0.609 bits per heavy atom. The number of hydrogen-bond donors (Lipinski definition) is 0. The van der Waals surface area contributed by atoms with Gasteiger partial charge in [-0.05, 0) is 44.9 Å². The van der Waals surface area contributed by atoms with Crippen molar-refractivity contribution in [1.82, 2.24) is 0 Å². The standard InChI is InChI=1S/C21H40N.ClH/c1-5-6-7-8-9-10-11-12-13-14-15-16-17-18-19-20-21-22(2,3)4;/h6-7,9-10,12-13H,5,8,11,14-21H2,1-4H3;1H/q+1;/p-1/b7-6-,10-9-,13-12-;. The molecule has 0 bridgehead atoms. The van der Waals surface area contributed by atoms with Gasteiger partial charge in [-0.15, -0.1) is 0 Å². The van der Waals surface area contributed by atoms with E-state index in [9.17, 15) is 0 Å². The smallest absolute Gasteiger partial charge is 0.0780 e. The lowest BCUT2D eigenvalue weighted by Crippen LogP contribution is -3.00. The molecule has 0 saturated heterocycles. The van der Waals surface area contributed by atoms with Crippen molar-refractivity contribution < 1.29 is 16.9 Å². The zero-order chi connectivity index (χ0) is 16.5. The Hall–Kier alpha value is -0.530. The van der Waals surface area contributed by atoms with E-state index in [1.807, 2.05) is 0 Å². The quantitative estimate of drug-likeness (QED) is 0.258. The fourth-order valence-electron chi connectivity index (χ4n) is 2.38. The van der Waals surface area contributed by atoms with Crippen LogP contribution in [-0.4, -0.2) is 32.2 Å². The highest BCUT2D eigenvalue weighted by Gasteiger charge is 2.04. The summed E-state index contributed by atoms with van der Waals surface area (Å²) in [6, 6.07) is 0. The molecule has 0 heterocycles. The first-order valence-corrected chi connectivity index (χ1v) is 9.31. The second-order valence-corrected chi connectivity index (χ2v) is 7.22. The lowest BCUT2D eigenvalue weighted by molar-refractivity contribution is -0.870. The van der Waals surface area contributed by atoms with Crippen LogP contribution in [0.5, 0.6) is 0 Å².